The highest BCUT2D eigenvalue weighted by Crippen LogP contribution is 2.34. The second-order valence-electron chi connectivity index (χ2n) is 5.91. The number of H-pyrrole nitrogens is 1. The van der Waals surface area contributed by atoms with Gasteiger partial charge in [0.1, 0.15) is 5.82 Å². The van der Waals surface area contributed by atoms with Gasteiger partial charge >= 0.3 is 0 Å². The number of nitrogens with one attached hydrogen (secondary N) is 3. The van der Waals surface area contributed by atoms with Crippen LogP contribution in [-0.2, 0) is 13.0 Å². The molecule has 3 aromatic rings. The van der Waals surface area contributed by atoms with E-state index in [1.807, 2.05) is 24.3 Å². The predicted molar refractivity (Wildman–Crippen MR) is 92.5 cm³/mol. The Morgan fingerprint density at radius 1 is 1.29 bits per heavy atom. The lowest BCUT2D eigenvalue weighted by Crippen LogP contribution is -2.23. The van der Waals surface area contributed by atoms with Gasteiger partial charge in [0, 0.05) is 33.8 Å². The van der Waals surface area contributed by atoms with Gasteiger partial charge in [-0.1, -0.05) is 24.3 Å². The fourth-order valence-corrected chi connectivity index (χ4v) is 3.33. The van der Waals surface area contributed by atoms with E-state index in [1.165, 1.54) is 12.1 Å². The summed E-state index contributed by atoms with van der Waals surface area (Å²) in [6.45, 7) is -1.46. The number of hydrogen-bond donors (Lipinski definition) is 3. The average molecular weight is 329 g/mol. The van der Waals surface area contributed by atoms with E-state index in [0.717, 1.165) is 27.8 Å². The zero-order chi connectivity index (χ0) is 19.2. The average Bonchev–Trinajstić information content (AvgIpc) is 2.88. The smallest absolute Gasteiger partial charge is 0.252 e. The van der Waals surface area contributed by atoms with Crippen LogP contribution in [0.4, 0.5) is 4.39 Å². The molecule has 1 aromatic heterocycles. The maximum absolute atomic E-state index is 13.9. The van der Waals surface area contributed by atoms with Gasteiger partial charge in [0.15, 0.2) is 0 Å². The zero-order valence-corrected chi connectivity index (χ0v) is 12.9. The van der Waals surface area contributed by atoms with E-state index in [2.05, 4.69) is 15.6 Å². The van der Waals surface area contributed by atoms with Crippen molar-refractivity contribution in [3.05, 3.63) is 58.9 Å². The van der Waals surface area contributed by atoms with Gasteiger partial charge in [0.05, 0.1) is 5.56 Å². The molecule has 1 amide bonds. The summed E-state index contributed by atoms with van der Waals surface area (Å²) in [6.07, 6.45) is 0.641. The van der Waals surface area contributed by atoms with Crippen LogP contribution in [0, 0.1) is 5.82 Å². The first-order chi connectivity index (χ1) is 12.8. The first-order valence-corrected chi connectivity index (χ1v) is 7.78. The second kappa shape index (κ2) is 5.76. The minimum atomic E-state index is -2.18. The van der Waals surface area contributed by atoms with Crippen molar-refractivity contribution in [3.8, 4) is 11.3 Å². The lowest BCUT2D eigenvalue weighted by molar-refractivity contribution is 0.0957. The topological polar surface area (TPSA) is 56.9 Å². The van der Waals surface area contributed by atoms with Crippen LogP contribution in [0.3, 0.4) is 0 Å². The molecule has 0 spiro atoms. The van der Waals surface area contributed by atoms with Crippen molar-refractivity contribution < 1.29 is 13.3 Å². The molecule has 1 aliphatic rings. The number of aromatic amines is 1. The molecule has 2 aromatic carbocycles. The minimum absolute atomic E-state index is 0.240. The van der Waals surface area contributed by atoms with E-state index in [4.69, 9.17) is 4.11 Å². The first kappa shape index (κ1) is 11.8. The number of carbonyl (C=O) groups excluding carboxylic acids is 1. The molecule has 0 unspecified atom stereocenters. The van der Waals surface area contributed by atoms with E-state index < -0.39 is 12.8 Å². The zero-order valence-electron chi connectivity index (χ0n) is 15.9. The number of benzene rings is 2. The predicted octanol–water partition coefficient (Wildman–Crippen LogP) is 2.98. The van der Waals surface area contributed by atoms with E-state index in [0.29, 0.717) is 24.0 Å². The number of carbonyl (C=O) groups is 1. The maximum Gasteiger partial charge on any atom is 0.252 e. The van der Waals surface area contributed by atoms with Gasteiger partial charge in [-0.15, -0.1) is 0 Å². The lowest BCUT2D eigenvalue weighted by Gasteiger charge is -2.06. The molecule has 122 valence electrons. The van der Waals surface area contributed by atoms with Crippen LogP contribution in [0.1, 0.15) is 25.6 Å². The Bertz CT molecular complexity index is 1030. The summed E-state index contributed by atoms with van der Waals surface area (Å²) in [7, 11) is 0. The molecule has 0 bridgehead atoms. The molecule has 0 aliphatic carbocycles. The Morgan fingerprint density at radius 3 is 2.92 bits per heavy atom. The summed E-state index contributed by atoms with van der Waals surface area (Å²) in [5.41, 5.74) is 4.52. The van der Waals surface area contributed by atoms with Gasteiger partial charge in [0.2, 0.25) is 0 Å². The molecule has 2 heterocycles. The number of aromatic nitrogens is 1. The van der Waals surface area contributed by atoms with E-state index in [1.54, 1.807) is 0 Å². The molecule has 0 saturated heterocycles. The quantitative estimate of drug-likeness (QED) is 0.692. The van der Waals surface area contributed by atoms with Crippen LogP contribution in [0.2, 0.25) is 0 Å². The summed E-state index contributed by atoms with van der Waals surface area (Å²) in [5, 5.41) is 6.04. The van der Waals surface area contributed by atoms with Crippen molar-refractivity contribution in [3.63, 3.8) is 0 Å². The van der Waals surface area contributed by atoms with Crippen LogP contribution in [0.5, 0.6) is 0 Å². The highest BCUT2D eigenvalue weighted by Gasteiger charge is 2.23. The van der Waals surface area contributed by atoms with Crippen molar-refractivity contribution in [2.45, 2.75) is 13.0 Å². The third-order valence-corrected chi connectivity index (χ3v) is 4.41. The number of rotatable bonds is 3. The number of halogens is 1. The van der Waals surface area contributed by atoms with Gasteiger partial charge in [-0.2, -0.15) is 0 Å². The van der Waals surface area contributed by atoms with Gasteiger partial charge in [0.25, 0.3) is 5.91 Å². The third kappa shape index (κ3) is 2.37. The van der Waals surface area contributed by atoms with Crippen molar-refractivity contribution >= 4 is 16.8 Å². The van der Waals surface area contributed by atoms with E-state index in [-0.39, 0.29) is 12.5 Å². The van der Waals surface area contributed by atoms with Crippen molar-refractivity contribution in [2.24, 2.45) is 0 Å². The molecule has 4 nitrogen and oxygen atoms in total. The summed E-state index contributed by atoms with van der Waals surface area (Å²) in [6, 6.07) is 10.2. The fraction of sp³-hybridized carbons (Fsp3) is 0.211. The summed E-state index contributed by atoms with van der Waals surface area (Å²) < 4.78 is 35.6. The molecule has 24 heavy (non-hydrogen) atoms. The molecule has 0 saturated carbocycles. The normalized spacial score (nSPS) is 16.2. The lowest BCUT2D eigenvalue weighted by atomic mass is 9.99. The number of hydrogen-bond acceptors (Lipinski definition) is 2. The van der Waals surface area contributed by atoms with Gasteiger partial charge in [-0.05, 0) is 42.2 Å². The maximum atomic E-state index is 13.9. The molecule has 0 atom stereocenters. The monoisotopic (exact) mass is 329 g/mol. The van der Waals surface area contributed by atoms with E-state index >= 15 is 0 Å². The molecule has 4 rings (SSSR count). The Kier molecular flexibility index (Phi) is 2.84. The molecular formula is C19H18FN3O. The van der Waals surface area contributed by atoms with Gasteiger partial charge in [-0.25, -0.2) is 4.39 Å². The third-order valence-electron chi connectivity index (χ3n) is 4.41. The molecule has 3 N–H and O–H groups in total. The highest BCUT2D eigenvalue weighted by atomic mass is 19.1. The minimum Gasteiger partial charge on any atom is -0.354 e. The van der Waals surface area contributed by atoms with Gasteiger partial charge in [-0.3, -0.25) is 4.79 Å². The van der Waals surface area contributed by atoms with Crippen molar-refractivity contribution in [1.82, 2.24) is 15.6 Å². The molecular weight excluding hydrogens is 305 g/mol. The second-order valence-corrected chi connectivity index (χ2v) is 5.91. The molecule has 0 fully saturated rings. The fourth-order valence-electron chi connectivity index (χ4n) is 3.33. The first-order valence-electron chi connectivity index (χ1n) is 9.28. The SMILES string of the molecule is [3H]C([3H])([3H])NCc1ccc(-c2[nH]c3cc(F)cc4c3c2CCNC4=O)cc1. The molecule has 0 radical (unpaired) electrons. The van der Waals surface area contributed by atoms with Crippen LogP contribution < -0.4 is 10.6 Å². The summed E-state index contributed by atoms with van der Waals surface area (Å²) in [4.78, 5) is 15.5. The largest absolute Gasteiger partial charge is 0.354 e. The highest BCUT2D eigenvalue weighted by molar-refractivity contribution is 6.10. The van der Waals surface area contributed by atoms with Crippen LogP contribution in [0.15, 0.2) is 36.4 Å². The summed E-state index contributed by atoms with van der Waals surface area (Å²) >= 11 is 0. The molecule has 1 aliphatic heterocycles. The van der Waals surface area contributed by atoms with Gasteiger partial charge < -0.3 is 15.6 Å². The van der Waals surface area contributed by atoms with Crippen LogP contribution in [0.25, 0.3) is 22.2 Å². The Labute approximate surface area is 143 Å². The van der Waals surface area contributed by atoms with Crippen molar-refractivity contribution in [1.29, 1.82) is 0 Å². The standard InChI is InChI=1S/C19H18FN3O/c1-21-10-11-2-4-12(5-3-11)18-14-6-7-22-19(24)15-8-13(20)9-16(23-18)17(14)15/h2-5,8-9,21,23H,6-7,10H2,1H3,(H,22,24)/i1T3. The Balaban J connectivity index is 1.75. The molecule has 5 heteroatoms. The van der Waals surface area contributed by atoms with Crippen LogP contribution in [-0.4, -0.2) is 24.4 Å². The summed E-state index contributed by atoms with van der Waals surface area (Å²) in [5.74, 6) is -0.727. The van der Waals surface area contributed by atoms with Crippen molar-refractivity contribution in [2.75, 3.05) is 13.5 Å². The Morgan fingerprint density at radius 2 is 2.12 bits per heavy atom. The van der Waals surface area contributed by atoms with E-state index in [9.17, 15) is 9.18 Å². The van der Waals surface area contributed by atoms with Crippen LogP contribution >= 0.6 is 0 Å². The Hall–Kier alpha value is -2.66. The number of amides is 1.